The molecule has 8 heteroatoms. The first kappa shape index (κ1) is 20.2. The predicted molar refractivity (Wildman–Crippen MR) is 94.0 cm³/mol. The van der Waals surface area contributed by atoms with Gasteiger partial charge >= 0.3 is 10.6 Å². The van der Waals surface area contributed by atoms with Crippen LogP contribution >= 0.6 is 0 Å². The van der Waals surface area contributed by atoms with E-state index in [-0.39, 0.29) is 5.91 Å². The van der Waals surface area contributed by atoms with Crippen LogP contribution in [0.5, 0.6) is 0 Å². The molecular formula is C17H19N3O4S. The molecule has 0 unspecified atom stereocenters. The van der Waals surface area contributed by atoms with Crippen LogP contribution in [-0.2, 0) is 10.6 Å². The van der Waals surface area contributed by atoms with Gasteiger partial charge in [-0.3, -0.25) is 4.79 Å². The van der Waals surface area contributed by atoms with Crippen LogP contribution in [0.3, 0.4) is 0 Å². The van der Waals surface area contributed by atoms with Crippen molar-refractivity contribution >= 4 is 27.9 Å². The van der Waals surface area contributed by atoms with E-state index < -0.39 is 10.6 Å². The Morgan fingerprint density at radius 1 is 0.920 bits per heavy atom. The van der Waals surface area contributed by atoms with Crippen molar-refractivity contribution in [2.24, 2.45) is 10.2 Å². The fourth-order valence-corrected chi connectivity index (χ4v) is 1.77. The summed E-state index contributed by atoms with van der Waals surface area (Å²) in [5.41, 5.74) is 2.17. The molecule has 0 fully saturated rings. The van der Waals surface area contributed by atoms with Crippen molar-refractivity contribution in [1.29, 1.82) is 0 Å². The standard InChI is InChI=1S/C17H19N3O.O3S/c1-2-3-13-18-17(21)14-9-11-16(12-10-14)20-19-15-7-5-4-6-8-15;1-4(2)3/h4-12H,2-3,13H2,1H3,(H,18,21);. The molecular weight excluding hydrogens is 342 g/mol. The Labute approximate surface area is 147 Å². The van der Waals surface area contributed by atoms with Gasteiger partial charge in [0.2, 0.25) is 0 Å². The number of carbonyl (C=O) groups excluding carboxylic acids is 1. The van der Waals surface area contributed by atoms with E-state index in [1.165, 1.54) is 0 Å². The minimum atomic E-state index is -3.11. The zero-order valence-electron chi connectivity index (χ0n) is 13.8. The second-order valence-electron chi connectivity index (χ2n) is 4.90. The number of hydrogen-bond donors (Lipinski definition) is 1. The average molecular weight is 361 g/mol. The van der Waals surface area contributed by atoms with Crippen molar-refractivity contribution in [2.75, 3.05) is 6.54 Å². The van der Waals surface area contributed by atoms with Crippen molar-refractivity contribution in [3.05, 3.63) is 60.2 Å². The van der Waals surface area contributed by atoms with Gasteiger partial charge < -0.3 is 5.32 Å². The fourth-order valence-electron chi connectivity index (χ4n) is 1.77. The third kappa shape index (κ3) is 9.11. The molecule has 0 aromatic heterocycles. The summed E-state index contributed by atoms with van der Waals surface area (Å²) in [4.78, 5) is 11.8. The molecule has 2 rings (SSSR count). The minimum absolute atomic E-state index is 0.0463. The molecule has 0 atom stereocenters. The molecule has 0 spiro atoms. The van der Waals surface area contributed by atoms with Crippen LogP contribution in [0.1, 0.15) is 30.1 Å². The van der Waals surface area contributed by atoms with Gasteiger partial charge in [-0.05, 0) is 42.8 Å². The first-order valence-electron chi connectivity index (χ1n) is 7.64. The molecule has 0 aliphatic heterocycles. The van der Waals surface area contributed by atoms with Crippen LogP contribution < -0.4 is 5.32 Å². The van der Waals surface area contributed by atoms with Gasteiger partial charge in [-0.15, -0.1) is 12.6 Å². The van der Waals surface area contributed by atoms with E-state index in [0.717, 1.165) is 24.2 Å². The molecule has 25 heavy (non-hydrogen) atoms. The van der Waals surface area contributed by atoms with Gasteiger partial charge in [0.15, 0.2) is 0 Å². The Morgan fingerprint density at radius 2 is 1.44 bits per heavy atom. The molecule has 0 aliphatic carbocycles. The van der Waals surface area contributed by atoms with Crippen molar-refractivity contribution < 1.29 is 17.4 Å². The summed E-state index contributed by atoms with van der Waals surface area (Å²) in [5.74, 6) is -0.0463. The van der Waals surface area contributed by atoms with E-state index in [1.807, 2.05) is 30.3 Å². The van der Waals surface area contributed by atoms with Crippen molar-refractivity contribution in [3.8, 4) is 0 Å². The Balaban J connectivity index is 0.000000705. The third-order valence-electron chi connectivity index (χ3n) is 2.98. The molecule has 2 aromatic carbocycles. The second kappa shape index (κ2) is 11.6. The number of azo groups is 1. The molecule has 0 saturated carbocycles. The number of hydrogen-bond acceptors (Lipinski definition) is 6. The first-order valence-corrected chi connectivity index (χ1v) is 8.64. The van der Waals surface area contributed by atoms with Gasteiger partial charge in [0.05, 0.1) is 11.4 Å². The summed E-state index contributed by atoms with van der Waals surface area (Å²) in [6, 6.07) is 16.7. The lowest BCUT2D eigenvalue weighted by Crippen LogP contribution is -2.24. The number of amides is 1. The normalized spacial score (nSPS) is 9.96. The maximum Gasteiger partial charge on any atom is 0.425 e. The highest BCUT2D eigenvalue weighted by atomic mass is 32.2. The average Bonchev–Trinajstić information content (AvgIpc) is 2.61. The quantitative estimate of drug-likeness (QED) is 0.626. The topological polar surface area (TPSA) is 105 Å². The molecule has 7 nitrogen and oxygen atoms in total. The maximum absolute atomic E-state index is 11.8. The predicted octanol–water partition coefficient (Wildman–Crippen LogP) is 3.63. The zero-order chi connectivity index (χ0) is 18.5. The number of unbranched alkanes of at least 4 members (excludes halogenated alkanes) is 1. The number of rotatable bonds is 6. The molecule has 1 N–H and O–H groups in total. The summed E-state index contributed by atoms with van der Waals surface area (Å²) >= 11 is 0. The van der Waals surface area contributed by atoms with Crippen LogP contribution in [0.25, 0.3) is 0 Å². The molecule has 0 bridgehead atoms. The lowest BCUT2D eigenvalue weighted by atomic mass is 10.2. The van der Waals surface area contributed by atoms with Crippen molar-refractivity contribution in [2.45, 2.75) is 19.8 Å². The van der Waals surface area contributed by atoms with Gasteiger partial charge in [0, 0.05) is 12.1 Å². The Kier molecular flexibility index (Phi) is 9.39. The summed E-state index contributed by atoms with van der Waals surface area (Å²) in [7, 11) is -3.11. The summed E-state index contributed by atoms with van der Waals surface area (Å²) in [6.07, 6.45) is 2.06. The lowest BCUT2D eigenvalue weighted by molar-refractivity contribution is 0.0953. The fraction of sp³-hybridized carbons (Fsp3) is 0.235. The SMILES string of the molecule is CCCCNC(=O)c1ccc(N=Nc2ccccc2)cc1.O=S(=O)=O. The molecule has 0 radical (unpaired) electrons. The Bertz CT molecular complexity index is 782. The molecule has 1 amide bonds. The maximum atomic E-state index is 11.8. The van der Waals surface area contributed by atoms with Crippen LogP contribution in [-0.4, -0.2) is 25.1 Å². The smallest absolute Gasteiger partial charge is 0.352 e. The highest BCUT2D eigenvalue weighted by molar-refractivity contribution is 7.59. The highest BCUT2D eigenvalue weighted by Gasteiger charge is 2.03. The summed E-state index contributed by atoms with van der Waals surface area (Å²) < 4.78 is 25.3. The Morgan fingerprint density at radius 3 is 1.96 bits per heavy atom. The van der Waals surface area contributed by atoms with Crippen molar-refractivity contribution in [3.63, 3.8) is 0 Å². The lowest BCUT2D eigenvalue weighted by Gasteiger charge is -2.04. The monoisotopic (exact) mass is 361 g/mol. The highest BCUT2D eigenvalue weighted by Crippen LogP contribution is 2.18. The van der Waals surface area contributed by atoms with E-state index in [4.69, 9.17) is 12.6 Å². The number of benzene rings is 2. The van der Waals surface area contributed by atoms with E-state index in [2.05, 4.69) is 22.5 Å². The van der Waals surface area contributed by atoms with Crippen LogP contribution in [0.15, 0.2) is 64.8 Å². The van der Waals surface area contributed by atoms with Gasteiger partial charge in [-0.25, -0.2) is 0 Å². The summed E-state index contributed by atoms with van der Waals surface area (Å²) in [5, 5.41) is 11.2. The largest absolute Gasteiger partial charge is 0.425 e. The molecule has 0 heterocycles. The van der Waals surface area contributed by atoms with Gasteiger partial charge in [-0.2, -0.15) is 10.2 Å². The van der Waals surface area contributed by atoms with E-state index in [1.54, 1.807) is 24.3 Å². The van der Waals surface area contributed by atoms with Gasteiger partial charge in [-0.1, -0.05) is 31.5 Å². The second-order valence-corrected chi connectivity index (χ2v) is 5.30. The molecule has 2 aromatic rings. The van der Waals surface area contributed by atoms with Crippen LogP contribution in [0, 0.1) is 0 Å². The molecule has 0 aliphatic rings. The van der Waals surface area contributed by atoms with Gasteiger partial charge in [0.25, 0.3) is 5.91 Å². The van der Waals surface area contributed by atoms with E-state index in [0.29, 0.717) is 12.1 Å². The number of nitrogens with one attached hydrogen (secondary N) is 1. The van der Waals surface area contributed by atoms with Gasteiger partial charge in [0.1, 0.15) is 0 Å². The van der Waals surface area contributed by atoms with E-state index >= 15 is 0 Å². The zero-order valence-corrected chi connectivity index (χ0v) is 14.6. The molecule has 0 saturated heterocycles. The van der Waals surface area contributed by atoms with Crippen LogP contribution in [0.2, 0.25) is 0 Å². The summed E-state index contributed by atoms with van der Waals surface area (Å²) in [6.45, 7) is 2.81. The van der Waals surface area contributed by atoms with Crippen molar-refractivity contribution in [1.82, 2.24) is 5.32 Å². The van der Waals surface area contributed by atoms with E-state index in [9.17, 15) is 4.79 Å². The minimum Gasteiger partial charge on any atom is -0.352 e. The number of nitrogens with zero attached hydrogens (tertiary/aromatic N) is 2. The Hall–Kier alpha value is -2.87. The van der Waals surface area contributed by atoms with Crippen LogP contribution in [0.4, 0.5) is 11.4 Å². The number of carbonyl (C=O) groups is 1. The first-order chi connectivity index (χ1) is 12.0. The molecule has 132 valence electrons. The third-order valence-corrected chi connectivity index (χ3v) is 2.98.